The van der Waals surface area contributed by atoms with Gasteiger partial charge in [-0.25, -0.2) is 0 Å². The number of methoxy groups -OCH3 is 1. The second kappa shape index (κ2) is 5.31. The lowest BCUT2D eigenvalue weighted by Crippen LogP contribution is -2.47. The maximum atomic E-state index is 12.0. The number of carbonyl (C=O) groups is 1. The van der Waals surface area contributed by atoms with Gasteiger partial charge >= 0.3 is 5.97 Å². The Hall–Kier alpha value is -0.393. The third-order valence-electron chi connectivity index (χ3n) is 4.38. The minimum Gasteiger partial charge on any atom is -0.468 e. The minimum absolute atomic E-state index is 0.147. The number of hydrogen-bond donors (Lipinski definition) is 1. The van der Waals surface area contributed by atoms with E-state index in [1.165, 1.54) is 7.11 Å². The predicted molar refractivity (Wildman–Crippen MR) is 75.1 cm³/mol. The summed E-state index contributed by atoms with van der Waals surface area (Å²) in [5, 5.41) is 3.40. The van der Waals surface area contributed by atoms with Crippen molar-refractivity contribution >= 4 is 14.3 Å². The Bertz CT molecular complexity index is 304. The molecule has 0 aromatic heterocycles. The lowest BCUT2D eigenvalue weighted by Gasteiger charge is -2.38. The standard InChI is InChI=1S/C13H27NO3Si/c1-12(2,3)18(5,6)17-10-13(11(15)16-4)7-8-14-9-13/h14H,7-10H2,1-6H3. The first kappa shape index (κ1) is 15.7. The van der Waals surface area contributed by atoms with Crippen molar-refractivity contribution in [1.82, 2.24) is 5.32 Å². The molecule has 0 amide bonds. The summed E-state index contributed by atoms with van der Waals surface area (Å²) in [6.45, 7) is 13.0. The second-order valence-electron chi connectivity index (χ2n) is 6.75. The van der Waals surface area contributed by atoms with Crippen molar-refractivity contribution < 1.29 is 14.0 Å². The highest BCUT2D eigenvalue weighted by atomic mass is 28.4. The van der Waals surface area contributed by atoms with Gasteiger partial charge in [-0.3, -0.25) is 4.79 Å². The molecule has 1 fully saturated rings. The topological polar surface area (TPSA) is 47.6 Å². The van der Waals surface area contributed by atoms with E-state index in [2.05, 4.69) is 39.2 Å². The van der Waals surface area contributed by atoms with Crippen LogP contribution in [0.1, 0.15) is 27.2 Å². The average Bonchev–Trinajstić information content (AvgIpc) is 2.74. The Morgan fingerprint density at radius 2 is 2.00 bits per heavy atom. The van der Waals surface area contributed by atoms with Gasteiger partial charge in [-0.15, -0.1) is 0 Å². The Labute approximate surface area is 112 Å². The van der Waals surface area contributed by atoms with Crippen molar-refractivity contribution in [3.63, 3.8) is 0 Å². The van der Waals surface area contributed by atoms with Crippen LogP contribution in [0.5, 0.6) is 0 Å². The van der Waals surface area contributed by atoms with Gasteiger partial charge in [0.25, 0.3) is 0 Å². The summed E-state index contributed by atoms with van der Waals surface area (Å²) in [7, 11) is -0.361. The summed E-state index contributed by atoms with van der Waals surface area (Å²) in [5.74, 6) is -0.147. The Morgan fingerprint density at radius 1 is 1.39 bits per heavy atom. The largest absolute Gasteiger partial charge is 0.468 e. The molecule has 0 saturated carbocycles. The molecule has 0 radical (unpaired) electrons. The van der Waals surface area contributed by atoms with Gasteiger partial charge in [-0.1, -0.05) is 20.8 Å². The van der Waals surface area contributed by atoms with Gasteiger partial charge in [-0.05, 0) is 31.1 Å². The van der Waals surface area contributed by atoms with Crippen LogP contribution in [0.25, 0.3) is 0 Å². The molecule has 1 unspecified atom stereocenters. The average molecular weight is 273 g/mol. The summed E-state index contributed by atoms with van der Waals surface area (Å²) >= 11 is 0. The van der Waals surface area contributed by atoms with Crippen LogP contribution < -0.4 is 5.32 Å². The van der Waals surface area contributed by atoms with Crippen molar-refractivity contribution in [2.75, 3.05) is 26.8 Å². The first-order chi connectivity index (χ1) is 8.15. The summed E-state index contributed by atoms with van der Waals surface area (Å²) in [6.07, 6.45) is 0.800. The van der Waals surface area contributed by atoms with Gasteiger partial charge in [0.2, 0.25) is 0 Å². The number of rotatable bonds is 4. The van der Waals surface area contributed by atoms with Crippen LogP contribution in [0.15, 0.2) is 0 Å². The molecule has 0 aliphatic carbocycles. The smallest absolute Gasteiger partial charge is 0.315 e. The Morgan fingerprint density at radius 3 is 2.39 bits per heavy atom. The number of carbonyl (C=O) groups excluding carboxylic acids is 1. The van der Waals surface area contributed by atoms with E-state index in [1.807, 2.05) is 0 Å². The van der Waals surface area contributed by atoms with E-state index >= 15 is 0 Å². The summed E-state index contributed by atoms with van der Waals surface area (Å²) < 4.78 is 11.1. The van der Waals surface area contributed by atoms with Crippen molar-refractivity contribution in [2.24, 2.45) is 5.41 Å². The molecule has 1 atom stereocenters. The van der Waals surface area contributed by atoms with E-state index < -0.39 is 13.7 Å². The molecule has 0 spiro atoms. The zero-order valence-electron chi connectivity index (χ0n) is 12.6. The van der Waals surface area contributed by atoms with Gasteiger partial charge in [0.15, 0.2) is 8.32 Å². The van der Waals surface area contributed by atoms with E-state index in [4.69, 9.17) is 9.16 Å². The fourth-order valence-electron chi connectivity index (χ4n) is 1.85. The van der Waals surface area contributed by atoms with E-state index in [0.29, 0.717) is 13.2 Å². The van der Waals surface area contributed by atoms with Crippen molar-refractivity contribution in [3.05, 3.63) is 0 Å². The van der Waals surface area contributed by atoms with E-state index in [-0.39, 0.29) is 11.0 Å². The normalized spacial score (nSPS) is 25.2. The quantitative estimate of drug-likeness (QED) is 0.630. The predicted octanol–water partition coefficient (Wildman–Crippen LogP) is 2.16. The highest BCUT2D eigenvalue weighted by molar-refractivity contribution is 6.74. The monoisotopic (exact) mass is 273 g/mol. The molecule has 0 aromatic carbocycles. The van der Waals surface area contributed by atoms with Crippen LogP contribution in [0, 0.1) is 5.41 Å². The first-order valence-electron chi connectivity index (χ1n) is 6.58. The molecule has 1 saturated heterocycles. The molecule has 106 valence electrons. The first-order valence-corrected chi connectivity index (χ1v) is 9.49. The highest BCUT2D eigenvalue weighted by Gasteiger charge is 2.46. The Balaban J connectivity index is 2.73. The van der Waals surface area contributed by atoms with E-state index in [1.54, 1.807) is 0 Å². The fraction of sp³-hybridized carbons (Fsp3) is 0.923. The zero-order chi connectivity index (χ0) is 14.0. The number of esters is 1. The maximum absolute atomic E-state index is 12.0. The van der Waals surface area contributed by atoms with Crippen LogP contribution >= 0.6 is 0 Å². The molecule has 1 heterocycles. The Kier molecular flexibility index (Phi) is 4.62. The third kappa shape index (κ3) is 3.13. The molecule has 1 rings (SSSR count). The van der Waals surface area contributed by atoms with Crippen molar-refractivity contribution in [3.8, 4) is 0 Å². The summed E-state index contributed by atoms with van der Waals surface area (Å²) in [4.78, 5) is 12.0. The van der Waals surface area contributed by atoms with Crippen molar-refractivity contribution in [1.29, 1.82) is 0 Å². The van der Waals surface area contributed by atoms with Crippen LogP contribution in [0.3, 0.4) is 0 Å². The SMILES string of the molecule is COC(=O)C1(CO[Si](C)(C)C(C)(C)C)CCNC1. The third-order valence-corrected chi connectivity index (χ3v) is 8.86. The van der Waals surface area contributed by atoms with Crippen LogP contribution in [0.2, 0.25) is 18.1 Å². The number of hydrogen-bond acceptors (Lipinski definition) is 4. The molecular formula is C13H27NO3Si. The molecule has 18 heavy (non-hydrogen) atoms. The molecule has 4 nitrogen and oxygen atoms in total. The molecule has 0 aromatic rings. The summed E-state index contributed by atoms with van der Waals surface area (Å²) in [5.41, 5.74) is -0.482. The van der Waals surface area contributed by atoms with E-state index in [9.17, 15) is 4.79 Å². The molecular weight excluding hydrogens is 246 g/mol. The minimum atomic E-state index is -1.81. The number of nitrogens with one attached hydrogen (secondary N) is 1. The summed E-state index contributed by atoms with van der Waals surface area (Å²) in [6, 6.07) is 0. The molecule has 1 aliphatic rings. The number of ether oxygens (including phenoxy) is 1. The lowest BCUT2D eigenvalue weighted by molar-refractivity contribution is -0.153. The lowest BCUT2D eigenvalue weighted by atomic mass is 9.88. The maximum Gasteiger partial charge on any atom is 0.315 e. The van der Waals surface area contributed by atoms with Crippen LogP contribution in [-0.2, 0) is 14.0 Å². The van der Waals surface area contributed by atoms with E-state index in [0.717, 1.165) is 13.0 Å². The highest BCUT2D eigenvalue weighted by Crippen LogP contribution is 2.38. The van der Waals surface area contributed by atoms with Crippen molar-refractivity contribution in [2.45, 2.75) is 45.3 Å². The molecule has 1 N–H and O–H groups in total. The van der Waals surface area contributed by atoms with Crippen LogP contribution in [0.4, 0.5) is 0 Å². The van der Waals surface area contributed by atoms with Gasteiger partial charge in [0, 0.05) is 6.54 Å². The van der Waals surface area contributed by atoms with Gasteiger partial charge in [0.1, 0.15) is 5.41 Å². The molecule has 0 bridgehead atoms. The molecule has 5 heteroatoms. The van der Waals surface area contributed by atoms with Gasteiger partial charge < -0.3 is 14.5 Å². The van der Waals surface area contributed by atoms with Gasteiger partial charge in [0.05, 0.1) is 13.7 Å². The van der Waals surface area contributed by atoms with Gasteiger partial charge in [-0.2, -0.15) is 0 Å². The second-order valence-corrected chi connectivity index (χ2v) is 11.6. The molecule has 1 aliphatic heterocycles. The van der Waals surface area contributed by atoms with Crippen LogP contribution in [-0.4, -0.2) is 41.1 Å². The zero-order valence-corrected chi connectivity index (χ0v) is 13.6. The fourth-order valence-corrected chi connectivity index (χ4v) is 2.92.